The lowest BCUT2D eigenvalue weighted by molar-refractivity contribution is -0.118. The van der Waals surface area contributed by atoms with Gasteiger partial charge < -0.3 is 19.9 Å². The van der Waals surface area contributed by atoms with Crippen molar-refractivity contribution in [2.45, 2.75) is 20.3 Å². The van der Waals surface area contributed by atoms with E-state index in [-0.39, 0.29) is 18.3 Å². The molecule has 0 aromatic heterocycles. The van der Waals surface area contributed by atoms with E-state index in [2.05, 4.69) is 5.32 Å². The number of nitrogens with one attached hydrogen (secondary N) is 1. The molecule has 5 heteroatoms. The van der Waals surface area contributed by atoms with Crippen molar-refractivity contribution in [3.05, 3.63) is 34.9 Å². The van der Waals surface area contributed by atoms with Crippen molar-refractivity contribution in [3.8, 4) is 11.5 Å². The standard InChI is InChI=1S/C16H21NO4/c1-3-17-16(19)13-7-8-20-9-12(13)10-21-15-6-4-5-14(18)11(15)2/h4-6,18H,3,7-10H2,1-2H3,(H,17,19). The van der Waals surface area contributed by atoms with Crippen LogP contribution in [-0.4, -0.2) is 37.4 Å². The largest absolute Gasteiger partial charge is 0.508 e. The molecule has 0 atom stereocenters. The van der Waals surface area contributed by atoms with Crippen molar-refractivity contribution < 1.29 is 19.4 Å². The number of carbonyl (C=O) groups is 1. The second-order valence-electron chi connectivity index (χ2n) is 4.93. The summed E-state index contributed by atoms with van der Waals surface area (Å²) in [5.74, 6) is 0.765. The maximum Gasteiger partial charge on any atom is 0.247 e. The van der Waals surface area contributed by atoms with Gasteiger partial charge in [0.1, 0.15) is 18.1 Å². The van der Waals surface area contributed by atoms with Gasteiger partial charge in [-0.3, -0.25) is 4.79 Å². The zero-order chi connectivity index (χ0) is 15.2. The molecule has 1 aromatic rings. The third-order valence-electron chi connectivity index (χ3n) is 3.47. The number of amides is 1. The van der Waals surface area contributed by atoms with Crippen LogP contribution in [0, 0.1) is 6.92 Å². The number of carbonyl (C=O) groups excluding carboxylic acids is 1. The first-order valence-corrected chi connectivity index (χ1v) is 7.11. The van der Waals surface area contributed by atoms with Crippen molar-refractivity contribution >= 4 is 5.91 Å². The lowest BCUT2D eigenvalue weighted by Gasteiger charge is -2.21. The van der Waals surface area contributed by atoms with Gasteiger partial charge in [0, 0.05) is 29.7 Å². The van der Waals surface area contributed by atoms with Gasteiger partial charge in [-0.05, 0) is 26.0 Å². The van der Waals surface area contributed by atoms with Gasteiger partial charge in [-0.2, -0.15) is 0 Å². The molecule has 0 aliphatic carbocycles. The van der Waals surface area contributed by atoms with Crippen molar-refractivity contribution in [1.29, 1.82) is 0 Å². The van der Waals surface area contributed by atoms with Crippen LogP contribution in [0.25, 0.3) is 0 Å². The van der Waals surface area contributed by atoms with E-state index in [0.717, 1.165) is 11.1 Å². The molecule has 1 amide bonds. The first-order chi connectivity index (χ1) is 10.1. The Labute approximate surface area is 124 Å². The Balaban J connectivity index is 2.12. The minimum Gasteiger partial charge on any atom is -0.508 e. The van der Waals surface area contributed by atoms with Gasteiger partial charge in [0.25, 0.3) is 0 Å². The molecular weight excluding hydrogens is 270 g/mol. The summed E-state index contributed by atoms with van der Waals surface area (Å²) < 4.78 is 11.2. The Bertz CT molecular complexity index is 551. The molecule has 0 unspecified atom stereocenters. The molecule has 1 heterocycles. The fraction of sp³-hybridized carbons (Fsp3) is 0.438. The molecule has 5 nitrogen and oxygen atoms in total. The van der Waals surface area contributed by atoms with Gasteiger partial charge in [-0.15, -0.1) is 0 Å². The summed E-state index contributed by atoms with van der Waals surface area (Å²) in [5, 5.41) is 12.5. The Kier molecular flexibility index (Phi) is 5.22. The quantitative estimate of drug-likeness (QED) is 0.870. The second-order valence-corrected chi connectivity index (χ2v) is 4.93. The minimum absolute atomic E-state index is 0.0490. The number of benzene rings is 1. The van der Waals surface area contributed by atoms with Gasteiger partial charge in [-0.25, -0.2) is 0 Å². The summed E-state index contributed by atoms with van der Waals surface area (Å²) in [5.41, 5.74) is 2.30. The molecule has 0 fully saturated rings. The highest BCUT2D eigenvalue weighted by Crippen LogP contribution is 2.27. The number of likely N-dealkylation sites (N-methyl/N-ethyl adjacent to an activating group) is 1. The number of hydrogen-bond donors (Lipinski definition) is 2. The average Bonchev–Trinajstić information content (AvgIpc) is 2.49. The van der Waals surface area contributed by atoms with Crippen LogP contribution in [0.3, 0.4) is 0 Å². The predicted molar refractivity (Wildman–Crippen MR) is 79.5 cm³/mol. The molecular formula is C16H21NO4. The van der Waals surface area contributed by atoms with E-state index >= 15 is 0 Å². The molecule has 0 saturated heterocycles. The number of ether oxygens (including phenoxy) is 2. The molecule has 2 N–H and O–H groups in total. The highest BCUT2D eigenvalue weighted by atomic mass is 16.5. The van der Waals surface area contributed by atoms with Gasteiger partial charge in [0.15, 0.2) is 0 Å². The van der Waals surface area contributed by atoms with E-state index in [0.29, 0.717) is 37.5 Å². The number of rotatable bonds is 5. The fourth-order valence-corrected chi connectivity index (χ4v) is 2.23. The van der Waals surface area contributed by atoms with Crippen LogP contribution < -0.4 is 10.1 Å². The Hall–Kier alpha value is -2.01. The van der Waals surface area contributed by atoms with Crippen molar-refractivity contribution in [2.24, 2.45) is 0 Å². The maximum atomic E-state index is 12.0. The number of phenols is 1. The molecule has 1 aliphatic heterocycles. The third-order valence-corrected chi connectivity index (χ3v) is 3.47. The van der Waals surface area contributed by atoms with Crippen LogP contribution in [0.2, 0.25) is 0 Å². The number of aromatic hydroxyl groups is 1. The van der Waals surface area contributed by atoms with Crippen LogP contribution in [0.1, 0.15) is 18.9 Å². The topological polar surface area (TPSA) is 67.8 Å². The Morgan fingerprint density at radius 1 is 1.48 bits per heavy atom. The van der Waals surface area contributed by atoms with Crippen LogP contribution in [0.5, 0.6) is 11.5 Å². The zero-order valence-corrected chi connectivity index (χ0v) is 12.4. The molecule has 21 heavy (non-hydrogen) atoms. The maximum absolute atomic E-state index is 12.0. The van der Waals surface area contributed by atoms with Crippen LogP contribution in [0.4, 0.5) is 0 Å². The highest BCUT2D eigenvalue weighted by Gasteiger charge is 2.19. The molecule has 0 bridgehead atoms. The zero-order valence-electron chi connectivity index (χ0n) is 12.4. The Morgan fingerprint density at radius 2 is 2.29 bits per heavy atom. The van der Waals surface area contributed by atoms with E-state index in [1.165, 1.54) is 0 Å². The first-order valence-electron chi connectivity index (χ1n) is 7.11. The van der Waals surface area contributed by atoms with Crippen LogP contribution in [0.15, 0.2) is 29.3 Å². The first kappa shape index (κ1) is 15.4. The normalized spacial score (nSPS) is 15.0. The van der Waals surface area contributed by atoms with Crippen molar-refractivity contribution in [1.82, 2.24) is 5.32 Å². The lowest BCUT2D eigenvalue weighted by Crippen LogP contribution is -2.30. The van der Waals surface area contributed by atoms with E-state index in [1.807, 2.05) is 6.92 Å². The van der Waals surface area contributed by atoms with Gasteiger partial charge in [-0.1, -0.05) is 6.07 Å². The molecule has 1 aromatic carbocycles. The molecule has 0 radical (unpaired) electrons. The summed E-state index contributed by atoms with van der Waals surface area (Å²) in [4.78, 5) is 12.0. The van der Waals surface area contributed by atoms with Gasteiger partial charge in [0.05, 0.1) is 13.2 Å². The lowest BCUT2D eigenvalue weighted by atomic mass is 10.0. The smallest absolute Gasteiger partial charge is 0.247 e. The number of hydrogen-bond acceptors (Lipinski definition) is 4. The van der Waals surface area contributed by atoms with E-state index in [4.69, 9.17) is 9.47 Å². The molecule has 0 spiro atoms. The molecule has 1 aliphatic rings. The van der Waals surface area contributed by atoms with Crippen LogP contribution in [-0.2, 0) is 9.53 Å². The van der Waals surface area contributed by atoms with Gasteiger partial charge >= 0.3 is 0 Å². The van der Waals surface area contributed by atoms with Crippen molar-refractivity contribution in [3.63, 3.8) is 0 Å². The summed E-state index contributed by atoms with van der Waals surface area (Å²) in [6.07, 6.45) is 0.601. The summed E-state index contributed by atoms with van der Waals surface area (Å²) in [6.45, 7) is 5.54. The highest BCUT2D eigenvalue weighted by molar-refractivity contribution is 5.94. The Morgan fingerprint density at radius 3 is 3.05 bits per heavy atom. The van der Waals surface area contributed by atoms with E-state index < -0.39 is 0 Å². The molecule has 114 valence electrons. The molecule has 2 rings (SSSR count). The van der Waals surface area contributed by atoms with E-state index in [9.17, 15) is 9.90 Å². The predicted octanol–water partition coefficient (Wildman–Crippen LogP) is 1.93. The SMILES string of the molecule is CCNC(=O)C1=C(COc2cccc(O)c2C)COCC1. The van der Waals surface area contributed by atoms with Gasteiger partial charge in [0.2, 0.25) is 5.91 Å². The minimum atomic E-state index is -0.0490. The van der Waals surface area contributed by atoms with E-state index in [1.54, 1.807) is 25.1 Å². The summed E-state index contributed by atoms with van der Waals surface area (Å²) in [6, 6.07) is 5.14. The average molecular weight is 291 g/mol. The second kappa shape index (κ2) is 7.13. The van der Waals surface area contributed by atoms with Crippen molar-refractivity contribution in [2.75, 3.05) is 26.4 Å². The fourth-order valence-electron chi connectivity index (χ4n) is 2.23. The molecule has 0 saturated carbocycles. The summed E-state index contributed by atoms with van der Waals surface area (Å²) in [7, 11) is 0. The third kappa shape index (κ3) is 3.76. The number of phenolic OH excluding ortho intramolecular Hbond substituents is 1. The summed E-state index contributed by atoms with van der Waals surface area (Å²) >= 11 is 0. The monoisotopic (exact) mass is 291 g/mol. The van der Waals surface area contributed by atoms with Crippen LogP contribution >= 0.6 is 0 Å².